The predicted octanol–water partition coefficient (Wildman–Crippen LogP) is 3.45. The van der Waals surface area contributed by atoms with E-state index in [1.807, 2.05) is 13.0 Å². The molecule has 0 amide bonds. The summed E-state index contributed by atoms with van der Waals surface area (Å²) in [5.74, 6) is -0.114. The molecule has 2 N–H and O–H groups in total. The number of anilines is 1. The standard InChI is InChI=1S/C13H11BrFN3/c1-7-8(2)18(13(17)10(7)6-16)12-5-9(14)3-4-11(12)15/h3-5H,17H2,1-2H3. The van der Waals surface area contributed by atoms with E-state index in [9.17, 15) is 4.39 Å². The summed E-state index contributed by atoms with van der Waals surface area (Å²) in [4.78, 5) is 0. The van der Waals surface area contributed by atoms with Crippen molar-refractivity contribution in [2.75, 3.05) is 5.73 Å². The van der Waals surface area contributed by atoms with Gasteiger partial charge in [-0.25, -0.2) is 4.39 Å². The average Bonchev–Trinajstić information content (AvgIpc) is 2.54. The number of nitriles is 1. The number of nitrogens with zero attached hydrogens (tertiary/aromatic N) is 2. The molecule has 0 aliphatic heterocycles. The van der Waals surface area contributed by atoms with Crippen LogP contribution >= 0.6 is 15.9 Å². The summed E-state index contributed by atoms with van der Waals surface area (Å²) >= 11 is 3.30. The van der Waals surface area contributed by atoms with Crippen LogP contribution in [0.4, 0.5) is 10.2 Å². The third-order valence-electron chi connectivity index (χ3n) is 3.01. The molecule has 2 aromatic rings. The van der Waals surface area contributed by atoms with Crippen molar-refractivity contribution in [2.45, 2.75) is 13.8 Å². The molecular weight excluding hydrogens is 297 g/mol. The van der Waals surface area contributed by atoms with E-state index in [1.165, 1.54) is 6.07 Å². The largest absolute Gasteiger partial charge is 0.384 e. The first kappa shape index (κ1) is 12.7. The van der Waals surface area contributed by atoms with Gasteiger partial charge in [0.1, 0.15) is 17.7 Å². The van der Waals surface area contributed by atoms with Crippen LogP contribution in [0.3, 0.4) is 0 Å². The molecule has 0 saturated carbocycles. The van der Waals surface area contributed by atoms with Gasteiger partial charge in [-0.3, -0.25) is 4.57 Å². The molecule has 3 nitrogen and oxygen atoms in total. The van der Waals surface area contributed by atoms with E-state index in [4.69, 9.17) is 11.0 Å². The van der Waals surface area contributed by atoms with Crippen molar-refractivity contribution in [3.8, 4) is 11.8 Å². The van der Waals surface area contributed by atoms with Crippen LogP contribution in [-0.4, -0.2) is 4.57 Å². The molecule has 0 fully saturated rings. The number of nitrogen functional groups attached to an aromatic ring is 1. The van der Waals surface area contributed by atoms with Gasteiger partial charge in [-0.2, -0.15) is 5.26 Å². The molecule has 0 aliphatic rings. The average molecular weight is 308 g/mol. The Morgan fingerprint density at radius 2 is 2.06 bits per heavy atom. The Morgan fingerprint density at radius 1 is 1.39 bits per heavy atom. The number of hydrogen-bond donors (Lipinski definition) is 1. The quantitative estimate of drug-likeness (QED) is 0.877. The Morgan fingerprint density at radius 3 is 2.61 bits per heavy atom. The summed E-state index contributed by atoms with van der Waals surface area (Å²) in [5.41, 5.74) is 8.19. The number of aromatic nitrogens is 1. The van der Waals surface area contributed by atoms with Gasteiger partial charge in [-0.1, -0.05) is 15.9 Å². The Bertz CT molecular complexity index is 668. The molecule has 0 aliphatic carbocycles. The zero-order valence-electron chi connectivity index (χ0n) is 9.96. The topological polar surface area (TPSA) is 54.7 Å². The van der Waals surface area contributed by atoms with Gasteiger partial charge in [0.25, 0.3) is 0 Å². The second-order valence-corrected chi connectivity index (χ2v) is 4.93. The summed E-state index contributed by atoms with van der Waals surface area (Å²) in [6.07, 6.45) is 0. The van der Waals surface area contributed by atoms with Crippen molar-refractivity contribution in [3.63, 3.8) is 0 Å². The normalized spacial score (nSPS) is 10.4. The molecule has 0 spiro atoms. The lowest BCUT2D eigenvalue weighted by Crippen LogP contribution is -2.04. The van der Waals surface area contributed by atoms with Crippen LogP contribution < -0.4 is 5.73 Å². The summed E-state index contributed by atoms with van der Waals surface area (Å²) in [6.45, 7) is 3.61. The van der Waals surface area contributed by atoms with Crippen molar-refractivity contribution in [1.29, 1.82) is 5.26 Å². The molecule has 1 heterocycles. The van der Waals surface area contributed by atoms with E-state index < -0.39 is 0 Å². The summed E-state index contributed by atoms with van der Waals surface area (Å²) < 4.78 is 16.2. The molecule has 92 valence electrons. The maximum Gasteiger partial charge on any atom is 0.147 e. The van der Waals surface area contributed by atoms with E-state index >= 15 is 0 Å². The van der Waals surface area contributed by atoms with Gasteiger partial charge >= 0.3 is 0 Å². The Balaban J connectivity index is 2.80. The minimum absolute atomic E-state index is 0.268. The third-order valence-corrected chi connectivity index (χ3v) is 3.50. The van der Waals surface area contributed by atoms with Crippen molar-refractivity contribution >= 4 is 21.7 Å². The number of rotatable bonds is 1. The highest BCUT2D eigenvalue weighted by Gasteiger charge is 2.18. The molecular formula is C13H11BrFN3. The summed E-state index contributed by atoms with van der Waals surface area (Å²) in [7, 11) is 0. The molecule has 2 rings (SSSR count). The lowest BCUT2D eigenvalue weighted by molar-refractivity contribution is 0.617. The van der Waals surface area contributed by atoms with Crippen LogP contribution in [0.2, 0.25) is 0 Å². The van der Waals surface area contributed by atoms with Crippen LogP contribution in [0, 0.1) is 31.0 Å². The highest BCUT2D eigenvalue weighted by molar-refractivity contribution is 9.10. The van der Waals surface area contributed by atoms with Crippen molar-refractivity contribution in [3.05, 3.63) is 45.3 Å². The summed E-state index contributed by atoms with van der Waals surface area (Å²) in [6, 6.07) is 6.66. The third kappa shape index (κ3) is 1.79. The maximum atomic E-state index is 13.9. The first-order valence-electron chi connectivity index (χ1n) is 5.30. The molecule has 0 atom stereocenters. The van der Waals surface area contributed by atoms with Crippen LogP contribution in [0.5, 0.6) is 0 Å². The fourth-order valence-electron chi connectivity index (χ4n) is 1.94. The van der Waals surface area contributed by atoms with E-state index in [2.05, 4.69) is 15.9 Å². The monoisotopic (exact) mass is 307 g/mol. The Labute approximate surface area is 113 Å². The molecule has 5 heteroatoms. The van der Waals surface area contributed by atoms with E-state index in [-0.39, 0.29) is 11.6 Å². The van der Waals surface area contributed by atoms with Gasteiger partial charge in [0.05, 0.1) is 11.3 Å². The Hall–Kier alpha value is -1.80. The lowest BCUT2D eigenvalue weighted by atomic mass is 10.2. The highest BCUT2D eigenvalue weighted by atomic mass is 79.9. The highest BCUT2D eigenvalue weighted by Crippen LogP contribution is 2.30. The second-order valence-electron chi connectivity index (χ2n) is 4.01. The SMILES string of the molecule is Cc1c(C#N)c(N)n(-c2cc(Br)ccc2F)c1C. The summed E-state index contributed by atoms with van der Waals surface area (Å²) in [5, 5.41) is 9.06. The first-order chi connectivity index (χ1) is 8.47. The minimum atomic E-state index is -0.382. The van der Waals surface area contributed by atoms with Crippen LogP contribution in [0.15, 0.2) is 22.7 Å². The fourth-order valence-corrected chi connectivity index (χ4v) is 2.29. The van der Waals surface area contributed by atoms with Crippen molar-refractivity contribution in [1.82, 2.24) is 4.57 Å². The predicted molar refractivity (Wildman–Crippen MR) is 72.0 cm³/mol. The number of hydrogen-bond acceptors (Lipinski definition) is 2. The second kappa shape index (κ2) is 4.46. The molecule has 0 saturated heterocycles. The van der Waals surface area contributed by atoms with Crippen LogP contribution in [0.25, 0.3) is 5.69 Å². The van der Waals surface area contributed by atoms with Crippen LogP contribution in [0.1, 0.15) is 16.8 Å². The molecule has 1 aromatic carbocycles. The molecule has 1 aromatic heterocycles. The lowest BCUT2D eigenvalue weighted by Gasteiger charge is -2.10. The smallest absolute Gasteiger partial charge is 0.147 e. The van der Waals surface area contributed by atoms with Gasteiger partial charge in [0.15, 0.2) is 0 Å². The number of nitrogens with two attached hydrogens (primary N) is 1. The number of benzene rings is 1. The Kier molecular flexibility index (Phi) is 3.14. The minimum Gasteiger partial charge on any atom is -0.384 e. The zero-order valence-corrected chi connectivity index (χ0v) is 11.5. The van der Waals surface area contributed by atoms with E-state index in [0.717, 1.165) is 15.7 Å². The van der Waals surface area contributed by atoms with Gasteiger partial charge in [-0.05, 0) is 37.6 Å². The van der Waals surface area contributed by atoms with Gasteiger partial charge in [-0.15, -0.1) is 0 Å². The van der Waals surface area contributed by atoms with Gasteiger partial charge in [0.2, 0.25) is 0 Å². The number of halogens is 2. The fraction of sp³-hybridized carbons (Fsp3) is 0.154. The molecule has 0 unspecified atom stereocenters. The molecule has 0 radical (unpaired) electrons. The van der Waals surface area contributed by atoms with E-state index in [0.29, 0.717) is 11.3 Å². The first-order valence-corrected chi connectivity index (χ1v) is 6.09. The van der Waals surface area contributed by atoms with E-state index in [1.54, 1.807) is 23.6 Å². The van der Waals surface area contributed by atoms with Gasteiger partial charge in [0, 0.05) is 10.2 Å². The maximum absolute atomic E-state index is 13.9. The molecule has 18 heavy (non-hydrogen) atoms. The zero-order chi connectivity index (χ0) is 13.4. The van der Waals surface area contributed by atoms with Gasteiger partial charge < -0.3 is 5.73 Å². The van der Waals surface area contributed by atoms with Crippen molar-refractivity contribution in [2.24, 2.45) is 0 Å². The van der Waals surface area contributed by atoms with Crippen LogP contribution in [-0.2, 0) is 0 Å². The van der Waals surface area contributed by atoms with Crippen molar-refractivity contribution < 1.29 is 4.39 Å². The molecule has 0 bridgehead atoms.